The van der Waals surface area contributed by atoms with Gasteiger partial charge in [-0.2, -0.15) is 13.2 Å². The second-order valence-electron chi connectivity index (χ2n) is 3.94. The van der Waals surface area contributed by atoms with Crippen LogP contribution in [0.15, 0.2) is 24.3 Å². The van der Waals surface area contributed by atoms with Gasteiger partial charge in [0.25, 0.3) is 0 Å². The first-order valence-corrected chi connectivity index (χ1v) is 5.26. The van der Waals surface area contributed by atoms with Crippen molar-refractivity contribution in [1.29, 1.82) is 10.8 Å². The second kappa shape index (κ2) is 5.59. The van der Waals surface area contributed by atoms with Crippen LogP contribution in [-0.2, 0) is 6.18 Å². The molecule has 0 unspecified atom stereocenters. The number of anilines is 1. The number of halogens is 3. The molecule has 0 saturated carbocycles. The fourth-order valence-corrected chi connectivity index (χ4v) is 1.15. The van der Waals surface area contributed by atoms with Gasteiger partial charge in [-0.25, -0.2) is 0 Å². The molecule has 0 atom stereocenters. The van der Waals surface area contributed by atoms with E-state index in [-0.39, 0.29) is 11.9 Å². The minimum absolute atomic E-state index is 0.00980. The third-order valence-corrected chi connectivity index (χ3v) is 2.17. The maximum absolute atomic E-state index is 12.3. The number of hydrogen-bond donors (Lipinski definition) is 4. The van der Waals surface area contributed by atoms with E-state index in [2.05, 4.69) is 10.6 Å². The van der Waals surface area contributed by atoms with E-state index < -0.39 is 11.7 Å². The lowest BCUT2D eigenvalue weighted by Crippen LogP contribution is -2.42. The van der Waals surface area contributed by atoms with Gasteiger partial charge < -0.3 is 10.2 Å². The zero-order valence-electron chi connectivity index (χ0n) is 10.4. The number of benzene rings is 1. The van der Waals surface area contributed by atoms with E-state index in [0.717, 1.165) is 12.1 Å². The summed E-state index contributed by atoms with van der Waals surface area (Å²) in [5.41, 5.74) is -0.421. The topological polar surface area (TPSA) is 75.0 Å². The molecule has 4 N–H and O–H groups in total. The maximum atomic E-state index is 12.3. The van der Waals surface area contributed by atoms with Gasteiger partial charge >= 0.3 is 6.18 Å². The predicted octanol–water partition coefficient (Wildman–Crippen LogP) is 2.14. The van der Waals surface area contributed by atoms with Crippen molar-refractivity contribution in [1.82, 2.24) is 10.2 Å². The van der Waals surface area contributed by atoms with Crippen molar-refractivity contribution in [2.24, 2.45) is 0 Å². The van der Waals surface area contributed by atoms with Crippen molar-refractivity contribution in [2.45, 2.75) is 6.18 Å². The summed E-state index contributed by atoms with van der Waals surface area (Å²) in [4.78, 5) is 1.45. The Morgan fingerprint density at radius 1 is 1.11 bits per heavy atom. The molecule has 0 amide bonds. The summed E-state index contributed by atoms with van der Waals surface area (Å²) in [6, 6.07) is 4.29. The number of nitrogens with one attached hydrogen (secondary N) is 4. The molecule has 8 heteroatoms. The van der Waals surface area contributed by atoms with Crippen LogP contribution >= 0.6 is 0 Å². The lowest BCUT2D eigenvalue weighted by atomic mass is 10.2. The molecule has 5 nitrogen and oxygen atoms in total. The van der Waals surface area contributed by atoms with Crippen LogP contribution in [0.3, 0.4) is 0 Å². The molecule has 0 fully saturated rings. The molecule has 0 radical (unpaired) electrons. The van der Waals surface area contributed by atoms with Gasteiger partial charge in [0.15, 0.2) is 11.9 Å². The van der Waals surface area contributed by atoms with E-state index in [1.54, 1.807) is 14.1 Å². The number of nitrogens with zero attached hydrogens (tertiary/aromatic N) is 1. The van der Waals surface area contributed by atoms with E-state index in [4.69, 9.17) is 10.8 Å². The first-order valence-electron chi connectivity index (χ1n) is 5.26. The molecule has 0 spiro atoms. The summed E-state index contributed by atoms with van der Waals surface area (Å²) < 4.78 is 37.0. The van der Waals surface area contributed by atoms with Crippen LogP contribution in [0.2, 0.25) is 0 Å². The van der Waals surface area contributed by atoms with E-state index in [1.165, 1.54) is 17.0 Å². The smallest absolute Gasteiger partial charge is 0.349 e. The molecule has 0 aliphatic heterocycles. The molecule has 1 aromatic rings. The molecule has 1 rings (SSSR count). The van der Waals surface area contributed by atoms with Gasteiger partial charge in [0.2, 0.25) is 0 Å². The van der Waals surface area contributed by atoms with Crippen LogP contribution in [0.25, 0.3) is 0 Å². The predicted molar refractivity (Wildman–Crippen MR) is 67.3 cm³/mol. The lowest BCUT2D eigenvalue weighted by molar-refractivity contribution is -0.137. The van der Waals surface area contributed by atoms with Crippen molar-refractivity contribution in [2.75, 3.05) is 19.4 Å². The second-order valence-corrected chi connectivity index (χ2v) is 3.94. The Morgan fingerprint density at radius 2 is 1.63 bits per heavy atom. The standard InChI is InChI=1S/C11H14F3N5/c1-19(2)10(16)18-9(15)17-8-5-3-7(4-6-8)11(12,13)14/h3-6H,1-2H3,(H4,15,16,17,18). The Morgan fingerprint density at radius 3 is 2.05 bits per heavy atom. The van der Waals surface area contributed by atoms with Gasteiger partial charge in [-0.15, -0.1) is 0 Å². The summed E-state index contributed by atoms with van der Waals surface area (Å²) >= 11 is 0. The molecule has 0 bridgehead atoms. The molecular formula is C11H14F3N5. The van der Waals surface area contributed by atoms with Gasteiger partial charge in [-0.1, -0.05) is 0 Å². The zero-order valence-corrected chi connectivity index (χ0v) is 10.4. The number of rotatable bonds is 1. The van der Waals surface area contributed by atoms with Crippen molar-refractivity contribution in [3.63, 3.8) is 0 Å². The van der Waals surface area contributed by atoms with E-state index in [9.17, 15) is 13.2 Å². The number of guanidine groups is 2. The van der Waals surface area contributed by atoms with Gasteiger partial charge in [0.1, 0.15) is 0 Å². The molecule has 0 aromatic heterocycles. The highest BCUT2D eigenvalue weighted by Crippen LogP contribution is 2.29. The van der Waals surface area contributed by atoms with Gasteiger partial charge in [-0.05, 0) is 24.3 Å². The minimum atomic E-state index is -4.38. The van der Waals surface area contributed by atoms with Crippen LogP contribution < -0.4 is 10.6 Å². The van der Waals surface area contributed by atoms with Crippen LogP contribution in [-0.4, -0.2) is 30.9 Å². The largest absolute Gasteiger partial charge is 0.416 e. The summed E-state index contributed by atoms with van der Waals surface area (Å²) in [5.74, 6) is -0.206. The average molecular weight is 273 g/mol. The average Bonchev–Trinajstić information content (AvgIpc) is 2.28. The highest BCUT2D eigenvalue weighted by atomic mass is 19.4. The fraction of sp³-hybridized carbons (Fsp3) is 0.273. The van der Waals surface area contributed by atoms with Crippen molar-refractivity contribution < 1.29 is 13.2 Å². The lowest BCUT2D eigenvalue weighted by Gasteiger charge is -2.16. The molecule has 1 aromatic carbocycles. The van der Waals surface area contributed by atoms with Crippen molar-refractivity contribution >= 4 is 17.6 Å². The van der Waals surface area contributed by atoms with Crippen LogP contribution in [0, 0.1) is 10.8 Å². The monoisotopic (exact) mass is 273 g/mol. The molecule has 0 heterocycles. The Labute approximate surface area is 108 Å². The van der Waals surface area contributed by atoms with E-state index in [1.807, 2.05) is 0 Å². The third kappa shape index (κ3) is 4.49. The molecule has 0 aliphatic carbocycles. The molecule has 0 saturated heterocycles. The molecular weight excluding hydrogens is 259 g/mol. The zero-order chi connectivity index (χ0) is 14.6. The van der Waals surface area contributed by atoms with Crippen molar-refractivity contribution in [3.8, 4) is 0 Å². The van der Waals surface area contributed by atoms with E-state index >= 15 is 0 Å². The van der Waals surface area contributed by atoms with Gasteiger partial charge in [0.05, 0.1) is 5.56 Å². The first-order chi connectivity index (χ1) is 8.70. The van der Waals surface area contributed by atoms with Gasteiger partial charge in [-0.3, -0.25) is 16.1 Å². The summed E-state index contributed by atoms with van der Waals surface area (Å²) in [7, 11) is 3.25. The fourth-order valence-electron chi connectivity index (χ4n) is 1.15. The number of hydrogen-bond acceptors (Lipinski definition) is 2. The van der Waals surface area contributed by atoms with Gasteiger partial charge in [0, 0.05) is 19.8 Å². The SMILES string of the molecule is CN(C)C(=N)NC(=N)Nc1ccc(C(F)(F)F)cc1. The Hall–Kier alpha value is -2.25. The quantitative estimate of drug-likeness (QED) is 0.468. The highest BCUT2D eigenvalue weighted by molar-refractivity contribution is 6.02. The number of alkyl halides is 3. The first kappa shape index (κ1) is 14.8. The Kier molecular flexibility index (Phi) is 4.36. The minimum Gasteiger partial charge on any atom is -0.349 e. The molecule has 19 heavy (non-hydrogen) atoms. The van der Waals surface area contributed by atoms with Crippen LogP contribution in [0.4, 0.5) is 18.9 Å². The highest BCUT2D eigenvalue weighted by Gasteiger charge is 2.29. The summed E-state index contributed by atoms with van der Waals surface area (Å²) in [6.45, 7) is 0. The Bertz CT molecular complexity index is 464. The van der Waals surface area contributed by atoms with E-state index in [0.29, 0.717) is 5.69 Å². The van der Waals surface area contributed by atoms with Crippen molar-refractivity contribution in [3.05, 3.63) is 29.8 Å². The molecule has 0 aliphatic rings. The molecule has 104 valence electrons. The third-order valence-electron chi connectivity index (χ3n) is 2.17. The summed E-state index contributed by atoms with van der Waals surface area (Å²) in [6.07, 6.45) is -4.38. The Balaban J connectivity index is 2.64. The summed E-state index contributed by atoms with van der Waals surface area (Å²) in [5, 5.41) is 19.9. The maximum Gasteiger partial charge on any atom is 0.416 e. The normalized spacial score (nSPS) is 10.8. The van der Waals surface area contributed by atoms with Crippen LogP contribution in [0.1, 0.15) is 5.56 Å². The van der Waals surface area contributed by atoms with Crippen LogP contribution in [0.5, 0.6) is 0 Å².